The zero-order valence-electron chi connectivity index (χ0n) is 9.65. The van der Waals surface area contributed by atoms with Gasteiger partial charge in [-0.1, -0.05) is 30.3 Å². The van der Waals surface area contributed by atoms with Crippen LogP contribution in [0.1, 0.15) is 18.5 Å². The summed E-state index contributed by atoms with van der Waals surface area (Å²) in [7, 11) is 0. The Kier molecular flexibility index (Phi) is 3.89. The summed E-state index contributed by atoms with van der Waals surface area (Å²) < 4.78 is 1.14. The summed E-state index contributed by atoms with van der Waals surface area (Å²) >= 11 is 2.30. The first kappa shape index (κ1) is 12.2. The lowest BCUT2D eigenvalue weighted by Crippen LogP contribution is -2.07. The van der Waals surface area contributed by atoms with Crippen molar-refractivity contribution in [2.24, 2.45) is 0 Å². The number of hydrogen-bond donors (Lipinski definition) is 2. The van der Waals surface area contributed by atoms with Crippen LogP contribution in [0.4, 0.5) is 11.4 Å². The zero-order chi connectivity index (χ0) is 12.3. The number of rotatable bonds is 3. The minimum atomic E-state index is 0.286. The van der Waals surface area contributed by atoms with Crippen molar-refractivity contribution in [3.8, 4) is 0 Å². The molecule has 2 aromatic carbocycles. The maximum Gasteiger partial charge on any atom is 0.0486 e. The van der Waals surface area contributed by atoms with E-state index in [1.807, 2.05) is 24.3 Å². The largest absolute Gasteiger partial charge is 0.399 e. The van der Waals surface area contributed by atoms with Gasteiger partial charge in [0.2, 0.25) is 0 Å². The third kappa shape index (κ3) is 3.12. The molecule has 0 saturated heterocycles. The maximum absolute atomic E-state index is 5.74. The van der Waals surface area contributed by atoms with Crippen LogP contribution in [0.15, 0.2) is 48.5 Å². The van der Waals surface area contributed by atoms with Gasteiger partial charge in [0, 0.05) is 21.0 Å². The molecule has 0 spiro atoms. The van der Waals surface area contributed by atoms with Gasteiger partial charge in [0.1, 0.15) is 0 Å². The molecule has 1 unspecified atom stereocenters. The van der Waals surface area contributed by atoms with E-state index < -0.39 is 0 Å². The van der Waals surface area contributed by atoms with Crippen LogP contribution in [-0.2, 0) is 0 Å². The number of nitrogens with two attached hydrogens (primary N) is 1. The van der Waals surface area contributed by atoms with Crippen molar-refractivity contribution in [2.75, 3.05) is 11.1 Å². The molecule has 1 atom stereocenters. The summed E-state index contributed by atoms with van der Waals surface area (Å²) in [6.45, 7) is 2.15. The summed E-state index contributed by atoms with van der Waals surface area (Å²) in [4.78, 5) is 0. The van der Waals surface area contributed by atoms with Gasteiger partial charge < -0.3 is 11.1 Å². The van der Waals surface area contributed by atoms with E-state index >= 15 is 0 Å². The molecule has 0 saturated carbocycles. The predicted molar refractivity (Wildman–Crippen MR) is 82.1 cm³/mol. The number of hydrogen-bond acceptors (Lipinski definition) is 2. The molecule has 0 heterocycles. The second kappa shape index (κ2) is 5.40. The Labute approximate surface area is 115 Å². The Hall–Kier alpha value is -1.23. The normalized spacial score (nSPS) is 12.1. The molecule has 0 aliphatic rings. The first-order valence-electron chi connectivity index (χ1n) is 5.53. The summed E-state index contributed by atoms with van der Waals surface area (Å²) in [5.74, 6) is 0. The Morgan fingerprint density at radius 1 is 1.12 bits per heavy atom. The van der Waals surface area contributed by atoms with Gasteiger partial charge in [0.15, 0.2) is 0 Å². The van der Waals surface area contributed by atoms with Crippen molar-refractivity contribution in [3.63, 3.8) is 0 Å². The molecule has 3 N–H and O–H groups in total. The monoisotopic (exact) mass is 338 g/mol. The molecule has 0 aromatic heterocycles. The molecule has 0 aliphatic carbocycles. The van der Waals surface area contributed by atoms with Gasteiger partial charge >= 0.3 is 0 Å². The van der Waals surface area contributed by atoms with E-state index in [4.69, 9.17) is 5.73 Å². The molecule has 0 radical (unpaired) electrons. The zero-order valence-corrected chi connectivity index (χ0v) is 11.8. The van der Waals surface area contributed by atoms with Gasteiger partial charge in [0.05, 0.1) is 0 Å². The number of nitrogens with one attached hydrogen (secondary N) is 1. The Bertz CT molecular complexity index is 497. The van der Waals surface area contributed by atoms with Crippen molar-refractivity contribution in [1.29, 1.82) is 0 Å². The molecule has 3 heteroatoms. The highest BCUT2D eigenvalue weighted by Gasteiger charge is 2.06. The van der Waals surface area contributed by atoms with Crippen LogP contribution >= 0.6 is 22.6 Å². The van der Waals surface area contributed by atoms with Crippen LogP contribution < -0.4 is 11.1 Å². The van der Waals surface area contributed by atoms with Gasteiger partial charge in [0.25, 0.3) is 0 Å². The lowest BCUT2D eigenvalue weighted by atomic mass is 10.1. The molecule has 0 amide bonds. The molecular weight excluding hydrogens is 323 g/mol. The number of anilines is 2. The molecule has 17 heavy (non-hydrogen) atoms. The van der Waals surface area contributed by atoms with Gasteiger partial charge in [-0.25, -0.2) is 0 Å². The van der Waals surface area contributed by atoms with Gasteiger partial charge in [-0.15, -0.1) is 0 Å². The third-order valence-corrected chi connectivity index (χ3v) is 3.56. The molecule has 88 valence electrons. The fourth-order valence-corrected chi connectivity index (χ4v) is 2.40. The maximum atomic E-state index is 5.74. The fourth-order valence-electron chi connectivity index (χ4n) is 1.71. The molecule has 2 rings (SSSR count). The molecule has 2 nitrogen and oxygen atoms in total. The molecular formula is C14H15IN2. The lowest BCUT2D eigenvalue weighted by molar-refractivity contribution is 0.883. The SMILES string of the molecule is CC(Nc1ccc(N)cc1I)c1ccccc1. The van der Waals surface area contributed by atoms with Crippen LogP contribution in [0.5, 0.6) is 0 Å². The van der Waals surface area contributed by atoms with Gasteiger partial charge in [-0.2, -0.15) is 0 Å². The first-order chi connectivity index (χ1) is 8.16. The lowest BCUT2D eigenvalue weighted by Gasteiger charge is -2.17. The Balaban J connectivity index is 2.16. The van der Waals surface area contributed by atoms with Crippen molar-refractivity contribution in [1.82, 2.24) is 0 Å². The highest BCUT2D eigenvalue weighted by atomic mass is 127. The molecule has 0 aliphatic heterocycles. The average molecular weight is 338 g/mol. The van der Waals surface area contributed by atoms with Crippen LogP contribution in [0.2, 0.25) is 0 Å². The van der Waals surface area contributed by atoms with Crippen molar-refractivity contribution in [2.45, 2.75) is 13.0 Å². The van der Waals surface area contributed by atoms with Crippen LogP contribution in [-0.4, -0.2) is 0 Å². The van der Waals surface area contributed by atoms with Crippen LogP contribution in [0.3, 0.4) is 0 Å². The van der Waals surface area contributed by atoms with E-state index in [0.717, 1.165) is 14.9 Å². The second-order valence-electron chi connectivity index (χ2n) is 4.02. The van der Waals surface area contributed by atoms with E-state index in [0.29, 0.717) is 0 Å². The first-order valence-corrected chi connectivity index (χ1v) is 6.61. The molecule has 0 bridgehead atoms. The topological polar surface area (TPSA) is 38.0 Å². The quantitative estimate of drug-likeness (QED) is 0.655. The standard InChI is InChI=1S/C14H15IN2/c1-10(11-5-3-2-4-6-11)17-14-8-7-12(16)9-13(14)15/h2-10,17H,16H2,1H3. The van der Waals surface area contributed by atoms with E-state index in [-0.39, 0.29) is 6.04 Å². The second-order valence-corrected chi connectivity index (χ2v) is 5.18. The minimum absolute atomic E-state index is 0.286. The van der Waals surface area contributed by atoms with E-state index in [1.54, 1.807) is 0 Å². The number of nitrogen functional groups attached to an aromatic ring is 1. The van der Waals surface area contributed by atoms with E-state index in [9.17, 15) is 0 Å². The highest BCUT2D eigenvalue weighted by molar-refractivity contribution is 14.1. The van der Waals surface area contributed by atoms with Crippen LogP contribution in [0.25, 0.3) is 0 Å². The fraction of sp³-hybridized carbons (Fsp3) is 0.143. The number of halogens is 1. The predicted octanol–water partition coefficient (Wildman–Crippen LogP) is 4.05. The van der Waals surface area contributed by atoms with Gasteiger partial charge in [-0.05, 0) is 53.3 Å². The summed E-state index contributed by atoms with van der Waals surface area (Å²) in [6.07, 6.45) is 0. The summed E-state index contributed by atoms with van der Waals surface area (Å²) in [5, 5.41) is 3.49. The van der Waals surface area contributed by atoms with Crippen molar-refractivity contribution >= 4 is 34.0 Å². The van der Waals surface area contributed by atoms with Crippen molar-refractivity contribution in [3.05, 3.63) is 57.7 Å². The highest BCUT2D eigenvalue weighted by Crippen LogP contribution is 2.25. The summed E-state index contributed by atoms with van der Waals surface area (Å²) in [5.41, 5.74) is 8.93. The molecule has 0 fully saturated rings. The van der Waals surface area contributed by atoms with Gasteiger partial charge in [-0.3, -0.25) is 0 Å². The van der Waals surface area contributed by atoms with E-state index in [2.05, 4.69) is 59.1 Å². The van der Waals surface area contributed by atoms with Crippen LogP contribution in [0, 0.1) is 3.57 Å². The number of benzene rings is 2. The molecule has 2 aromatic rings. The Morgan fingerprint density at radius 2 is 1.82 bits per heavy atom. The van der Waals surface area contributed by atoms with Crippen molar-refractivity contribution < 1.29 is 0 Å². The summed E-state index contributed by atoms with van der Waals surface area (Å²) in [6, 6.07) is 16.6. The Morgan fingerprint density at radius 3 is 2.47 bits per heavy atom. The minimum Gasteiger partial charge on any atom is -0.399 e. The third-order valence-electron chi connectivity index (χ3n) is 2.66. The van der Waals surface area contributed by atoms with E-state index in [1.165, 1.54) is 5.56 Å². The average Bonchev–Trinajstić information content (AvgIpc) is 2.34. The smallest absolute Gasteiger partial charge is 0.0486 e.